The van der Waals surface area contributed by atoms with E-state index in [9.17, 15) is 0 Å². The third kappa shape index (κ3) is 1.65. The molecule has 2 aliphatic rings. The van der Waals surface area contributed by atoms with E-state index >= 15 is 0 Å². The number of rotatable bonds is 0. The monoisotopic (exact) mass is 240 g/mol. The predicted octanol–water partition coefficient (Wildman–Crippen LogP) is 1.55. The number of fused-ring (bicyclic) bond motifs is 2. The molecule has 0 aromatic heterocycles. The van der Waals surface area contributed by atoms with Gasteiger partial charge >= 0.3 is 5.69 Å². The molecule has 5 heteroatoms. The molecule has 1 aliphatic heterocycles. The second-order valence-electron chi connectivity index (χ2n) is 3.69. The molecule has 0 unspecified atom stereocenters. The van der Waals surface area contributed by atoms with Crippen LogP contribution in [0.25, 0.3) is 25.8 Å². The van der Waals surface area contributed by atoms with Gasteiger partial charge in [0.2, 0.25) is 5.39 Å². The fourth-order valence-electron chi connectivity index (χ4n) is 1.69. The van der Waals surface area contributed by atoms with Crippen molar-refractivity contribution >= 4 is 27.2 Å². The maximum Gasteiger partial charge on any atom is 0.386 e. The van der Waals surface area contributed by atoms with E-state index in [1.807, 2.05) is 24.3 Å². The molecule has 0 fully saturated rings. The number of aromatic nitrogens is 1. The van der Waals surface area contributed by atoms with Gasteiger partial charge in [0.25, 0.3) is 0 Å². The van der Waals surface area contributed by atoms with Crippen LogP contribution in [0.4, 0.5) is 5.69 Å². The summed E-state index contributed by atoms with van der Waals surface area (Å²) in [4.78, 5) is 8.72. The zero-order chi connectivity index (χ0) is 11.8. The molecule has 1 aromatic rings. The zero-order valence-electron chi connectivity index (χ0n) is 8.79. The summed E-state index contributed by atoms with van der Waals surface area (Å²) in [6.07, 6.45) is 0. The van der Waals surface area contributed by atoms with Gasteiger partial charge in [0.15, 0.2) is 10.3 Å². The molecule has 0 amide bonds. The molecule has 1 heterocycles. The molecule has 17 heavy (non-hydrogen) atoms. The third-order valence-electron chi connectivity index (χ3n) is 2.50. The zero-order valence-corrected chi connectivity index (χ0v) is 9.61. The summed E-state index contributed by atoms with van der Waals surface area (Å²) in [5, 5.41) is 15.2. The first kappa shape index (κ1) is 9.87. The van der Waals surface area contributed by atoms with E-state index in [2.05, 4.69) is 9.96 Å². The maximum absolute atomic E-state index is 8.74. The van der Waals surface area contributed by atoms with Crippen LogP contribution in [0, 0.1) is 5.39 Å². The van der Waals surface area contributed by atoms with Gasteiger partial charge in [-0.05, 0) is 12.1 Å². The molecule has 4 nitrogen and oxygen atoms in total. The normalized spacial score (nSPS) is 10.5. The van der Waals surface area contributed by atoms with Crippen molar-refractivity contribution in [1.29, 1.82) is 5.39 Å². The summed E-state index contributed by atoms with van der Waals surface area (Å²) in [6.45, 7) is 0. The number of hydrogen-bond donors (Lipinski definition) is 1. The number of nitrogens with zero attached hydrogens (tertiary/aromatic N) is 3. The van der Waals surface area contributed by atoms with E-state index in [0.717, 1.165) is 26.1 Å². The van der Waals surface area contributed by atoms with Crippen molar-refractivity contribution in [2.75, 3.05) is 0 Å². The molecule has 0 radical (unpaired) electrons. The molecule has 0 saturated carbocycles. The van der Waals surface area contributed by atoms with Crippen molar-refractivity contribution in [2.24, 2.45) is 0 Å². The van der Waals surface area contributed by atoms with Gasteiger partial charge in [-0.25, -0.2) is 4.98 Å². The summed E-state index contributed by atoms with van der Waals surface area (Å²) in [5.41, 5.74) is 2.34. The predicted molar refractivity (Wildman–Crippen MR) is 66.0 cm³/mol. The largest absolute Gasteiger partial charge is 0.386 e. The van der Waals surface area contributed by atoms with Gasteiger partial charge in [0.1, 0.15) is 0 Å². The van der Waals surface area contributed by atoms with Crippen LogP contribution in [0.15, 0.2) is 36.4 Å². The molecular formula is C12H8N4S+2. The van der Waals surface area contributed by atoms with Crippen LogP contribution in [0.1, 0.15) is 0 Å². The van der Waals surface area contributed by atoms with Gasteiger partial charge in [-0.2, -0.15) is 0 Å². The molecule has 0 spiro atoms. The second kappa shape index (κ2) is 3.61. The van der Waals surface area contributed by atoms with Crippen molar-refractivity contribution in [3.8, 4) is 10.6 Å². The third-order valence-corrected chi connectivity index (χ3v) is 3.60. The van der Waals surface area contributed by atoms with Crippen molar-refractivity contribution < 1.29 is 5.41 Å². The topological polar surface area (TPSA) is 66.6 Å². The van der Waals surface area contributed by atoms with E-state index in [0.29, 0.717) is 5.69 Å². The highest BCUT2D eigenvalue weighted by Crippen LogP contribution is 2.31. The smallest absolute Gasteiger partial charge is 0.254 e. The summed E-state index contributed by atoms with van der Waals surface area (Å²) in [7, 11) is 0. The Morgan fingerprint density at radius 1 is 1.18 bits per heavy atom. The van der Waals surface area contributed by atoms with E-state index < -0.39 is 0 Å². The van der Waals surface area contributed by atoms with E-state index in [-0.39, 0.29) is 0 Å². The summed E-state index contributed by atoms with van der Waals surface area (Å²) >= 11 is 1.58. The van der Waals surface area contributed by atoms with Crippen LogP contribution in [0.5, 0.6) is 0 Å². The van der Waals surface area contributed by atoms with Gasteiger partial charge in [0, 0.05) is 18.2 Å². The first-order valence-corrected chi connectivity index (χ1v) is 5.86. The Balaban J connectivity index is 2.42. The second-order valence-corrected chi connectivity index (χ2v) is 4.78. The van der Waals surface area contributed by atoms with E-state index in [1.54, 1.807) is 23.5 Å². The molecule has 1 aliphatic carbocycles. The van der Waals surface area contributed by atoms with Gasteiger partial charge in [-0.3, -0.25) is 5.41 Å². The van der Waals surface area contributed by atoms with Crippen molar-refractivity contribution in [2.45, 2.75) is 0 Å². The Bertz CT molecular complexity index is 785. The van der Waals surface area contributed by atoms with Crippen LogP contribution in [0.3, 0.4) is 0 Å². The minimum Gasteiger partial charge on any atom is -0.254 e. The van der Waals surface area contributed by atoms with Gasteiger partial charge < -0.3 is 0 Å². The van der Waals surface area contributed by atoms with E-state index in [1.165, 1.54) is 0 Å². The minimum absolute atomic E-state index is 0.527. The minimum atomic E-state index is 0.527. The first-order chi connectivity index (χ1) is 8.26. The van der Waals surface area contributed by atoms with Gasteiger partial charge in [-0.15, -0.1) is 11.3 Å². The number of hydrogen-bond acceptors (Lipinski definition) is 3. The number of diazo groups is 1. The Hall–Kier alpha value is -2.32. The quantitative estimate of drug-likeness (QED) is 0.478. The van der Waals surface area contributed by atoms with Crippen molar-refractivity contribution in [3.63, 3.8) is 0 Å². The average Bonchev–Trinajstić information content (AvgIpc) is 2.35. The summed E-state index contributed by atoms with van der Waals surface area (Å²) < 4.78 is 0.971. The van der Waals surface area contributed by atoms with Crippen LogP contribution in [-0.2, 0) is 0 Å². The van der Waals surface area contributed by atoms with Crippen molar-refractivity contribution in [1.82, 2.24) is 4.98 Å². The fraction of sp³-hybridized carbons (Fsp3) is 0. The lowest BCUT2D eigenvalue weighted by Gasteiger charge is -2.03. The molecule has 0 atom stereocenters. The highest BCUT2D eigenvalue weighted by atomic mass is 32.1. The molecule has 2 N–H and O–H groups in total. The van der Waals surface area contributed by atoms with Crippen LogP contribution < -0.4 is 10.8 Å². The van der Waals surface area contributed by atoms with Gasteiger partial charge in [0.05, 0.1) is 26.9 Å². The molecule has 3 rings (SSSR count). The van der Waals surface area contributed by atoms with Crippen molar-refractivity contribution in [3.05, 3.63) is 46.7 Å². The Labute approximate surface area is 101 Å². The lowest BCUT2D eigenvalue weighted by atomic mass is 10.2. The maximum atomic E-state index is 8.74. The molecule has 0 bridgehead atoms. The Kier molecular flexibility index (Phi) is 2.10. The Morgan fingerprint density at radius 2 is 2.06 bits per heavy atom. The number of benzene rings is 2. The Morgan fingerprint density at radius 3 is 2.88 bits per heavy atom. The summed E-state index contributed by atoms with van der Waals surface area (Å²) in [5.74, 6) is 0. The molecule has 1 aromatic carbocycles. The number of nitrogens with two attached hydrogens (primary N) is 1. The van der Waals surface area contributed by atoms with Crippen LogP contribution >= 0.6 is 11.3 Å². The van der Waals surface area contributed by atoms with E-state index in [4.69, 9.17) is 10.8 Å². The highest BCUT2D eigenvalue weighted by molar-refractivity contribution is 7.21. The standard InChI is InChI=1S/C12H7N4S/c13-7-1-3-9-11(5-7)17-12-6-8(16-14)2-4-10(12)15-9/h1-6,13H/q+1/p+1. The summed E-state index contributed by atoms with van der Waals surface area (Å²) in [6, 6.07) is 11.0. The SMILES string of the molecule is N#[N+]c1ccc2nc3ccc(=[NH2+])cc-3sc2c1. The van der Waals surface area contributed by atoms with Gasteiger partial charge in [-0.1, -0.05) is 0 Å². The molecular weight excluding hydrogens is 232 g/mol. The fourth-order valence-corrected chi connectivity index (χ4v) is 2.74. The molecule has 80 valence electrons. The van der Waals surface area contributed by atoms with Crippen LogP contribution in [-0.4, -0.2) is 4.98 Å². The lowest BCUT2D eigenvalue weighted by Crippen LogP contribution is -2.44. The highest BCUT2D eigenvalue weighted by Gasteiger charge is 2.11. The van der Waals surface area contributed by atoms with Crippen LogP contribution in [0.2, 0.25) is 0 Å². The molecule has 0 saturated heterocycles. The average molecular weight is 240 g/mol. The first-order valence-electron chi connectivity index (χ1n) is 5.04. The lowest BCUT2D eigenvalue weighted by molar-refractivity contribution is -0.172.